The minimum Gasteiger partial charge on any atom is -0.370 e. The van der Waals surface area contributed by atoms with Crippen LogP contribution in [0.2, 0.25) is 0 Å². The highest BCUT2D eigenvalue weighted by Gasteiger charge is 2.28. The Morgan fingerprint density at radius 3 is 2.81 bits per heavy atom. The molecule has 1 amide bonds. The molecule has 0 atom stereocenters. The van der Waals surface area contributed by atoms with E-state index in [9.17, 15) is 13.2 Å². The zero-order chi connectivity index (χ0) is 15.3. The molecule has 0 bridgehead atoms. The fourth-order valence-corrected chi connectivity index (χ4v) is 3.03. The Morgan fingerprint density at radius 1 is 1.38 bits per heavy atom. The molecule has 116 valence electrons. The summed E-state index contributed by atoms with van der Waals surface area (Å²) in [4.78, 5) is 11.7. The number of carbonyl (C=O) groups excluding carboxylic acids is 1. The van der Waals surface area contributed by atoms with Gasteiger partial charge in [0.15, 0.2) is 0 Å². The first kappa shape index (κ1) is 15.9. The number of hydrogen-bond acceptors (Lipinski definition) is 5. The molecule has 0 unspecified atom stereocenters. The highest BCUT2D eigenvalue weighted by molar-refractivity contribution is 7.89. The van der Waals surface area contributed by atoms with E-state index in [1.165, 1.54) is 12.1 Å². The van der Waals surface area contributed by atoms with Gasteiger partial charge in [-0.1, -0.05) is 6.07 Å². The van der Waals surface area contributed by atoms with Crippen molar-refractivity contribution in [3.05, 3.63) is 24.3 Å². The second kappa shape index (κ2) is 6.99. The average Bonchev–Trinajstić information content (AvgIpc) is 3.22. The van der Waals surface area contributed by atoms with Crippen LogP contribution in [0.5, 0.6) is 0 Å². The predicted octanol–water partition coefficient (Wildman–Crippen LogP) is 0.0411. The molecule has 0 heterocycles. The van der Waals surface area contributed by atoms with E-state index in [-0.39, 0.29) is 23.5 Å². The standard InChI is InChI=1S/C13H19N3O4S/c14-6-7-20-9-13(17)15-11-2-1-3-12(8-11)21(18,19)16-10-4-5-10/h1-3,8,10,16H,4-7,9,14H2,(H,15,17). The third-order valence-corrected chi connectivity index (χ3v) is 4.34. The summed E-state index contributed by atoms with van der Waals surface area (Å²) in [6.45, 7) is 0.523. The third-order valence-electron chi connectivity index (χ3n) is 2.82. The normalized spacial score (nSPS) is 14.9. The third kappa shape index (κ3) is 5.09. The van der Waals surface area contributed by atoms with E-state index in [2.05, 4.69) is 10.0 Å². The summed E-state index contributed by atoms with van der Waals surface area (Å²) in [6, 6.07) is 6.16. The molecular formula is C13H19N3O4S. The minimum absolute atomic E-state index is 0.0397. The van der Waals surface area contributed by atoms with Gasteiger partial charge in [0.25, 0.3) is 0 Å². The smallest absolute Gasteiger partial charge is 0.250 e. The second-order valence-corrected chi connectivity index (χ2v) is 6.53. The lowest BCUT2D eigenvalue weighted by molar-refractivity contribution is -0.120. The summed E-state index contributed by atoms with van der Waals surface area (Å²) in [7, 11) is -3.53. The molecule has 1 aliphatic rings. The summed E-state index contributed by atoms with van der Waals surface area (Å²) in [5.41, 5.74) is 5.66. The quantitative estimate of drug-likeness (QED) is 0.587. The number of rotatable bonds is 8. The number of benzene rings is 1. The fourth-order valence-electron chi connectivity index (χ4n) is 1.67. The van der Waals surface area contributed by atoms with Crippen molar-refractivity contribution in [3.63, 3.8) is 0 Å². The van der Waals surface area contributed by atoms with Gasteiger partial charge in [-0.05, 0) is 31.0 Å². The van der Waals surface area contributed by atoms with Crippen molar-refractivity contribution < 1.29 is 17.9 Å². The first-order chi connectivity index (χ1) is 10.0. The van der Waals surface area contributed by atoms with Gasteiger partial charge in [-0.2, -0.15) is 0 Å². The van der Waals surface area contributed by atoms with Gasteiger partial charge in [0.05, 0.1) is 11.5 Å². The molecule has 7 nitrogen and oxygen atoms in total. The first-order valence-corrected chi connectivity index (χ1v) is 8.19. The van der Waals surface area contributed by atoms with Gasteiger partial charge < -0.3 is 15.8 Å². The largest absolute Gasteiger partial charge is 0.370 e. The van der Waals surface area contributed by atoms with Crippen LogP contribution in [0.3, 0.4) is 0 Å². The molecule has 0 aliphatic heterocycles. The van der Waals surface area contributed by atoms with Crippen LogP contribution in [0.4, 0.5) is 5.69 Å². The molecule has 2 rings (SSSR count). The molecule has 1 aliphatic carbocycles. The van der Waals surface area contributed by atoms with Gasteiger partial charge in [0.1, 0.15) is 6.61 Å². The van der Waals surface area contributed by atoms with E-state index in [0.717, 1.165) is 12.8 Å². The van der Waals surface area contributed by atoms with E-state index in [1.807, 2.05) is 0 Å². The number of carbonyl (C=O) groups is 1. The molecule has 0 radical (unpaired) electrons. The van der Waals surface area contributed by atoms with Gasteiger partial charge in [0.2, 0.25) is 15.9 Å². The summed E-state index contributed by atoms with van der Waals surface area (Å²) in [5, 5.41) is 2.59. The summed E-state index contributed by atoms with van der Waals surface area (Å²) in [5.74, 6) is -0.354. The first-order valence-electron chi connectivity index (χ1n) is 6.71. The van der Waals surface area contributed by atoms with Crippen molar-refractivity contribution in [2.75, 3.05) is 25.1 Å². The van der Waals surface area contributed by atoms with Crippen molar-refractivity contribution in [2.45, 2.75) is 23.8 Å². The molecule has 8 heteroatoms. The van der Waals surface area contributed by atoms with Crippen LogP contribution in [0, 0.1) is 0 Å². The van der Waals surface area contributed by atoms with Crippen LogP contribution in [0.25, 0.3) is 0 Å². The van der Waals surface area contributed by atoms with Crippen molar-refractivity contribution in [2.24, 2.45) is 5.73 Å². The zero-order valence-electron chi connectivity index (χ0n) is 11.5. The molecule has 21 heavy (non-hydrogen) atoms. The Hall–Kier alpha value is -1.48. The summed E-state index contributed by atoms with van der Waals surface area (Å²) in [6.07, 6.45) is 1.74. The number of nitrogens with one attached hydrogen (secondary N) is 2. The molecule has 1 fully saturated rings. The SMILES string of the molecule is NCCOCC(=O)Nc1cccc(S(=O)(=O)NC2CC2)c1. The van der Waals surface area contributed by atoms with Gasteiger partial charge >= 0.3 is 0 Å². The van der Waals surface area contributed by atoms with Crippen LogP contribution < -0.4 is 15.8 Å². The van der Waals surface area contributed by atoms with Crippen LogP contribution >= 0.6 is 0 Å². The van der Waals surface area contributed by atoms with E-state index in [1.54, 1.807) is 12.1 Å². The van der Waals surface area contributed by atoms with Gasteiger partial charge in [-0.3, -0.25) is 4.79 Å². The van der Waals surface area contributed by atoms with Crippen molar-refractivity contribution in [1.82, 2.24) is 4.72 Å². The van der Waals surface area contributed by atoms with Crippen LogP contribution in [0.15, 0.2) is 29.2 Å². The number of sulfonamides is 1. The second-order valence-electron chi connectivity index (χ2n) is 4.81. The van der Waals surface area contributed by atoms with Crippen molar-refractivity contribution in [1.29, 1.82) is 0 Å². The molecule has 1 saturated carbocycles. The highest BCUT2D eigenvalue weighted by Crippen LogP contribution is 2.23. The number of anilines is 1. The topological polar surface area (TPSA) is 111 Å². The van der Waals surface area contributed by atoms with Crippen LogP contribution in [0.1, 0.15) is 12.8 Å². The maximum atomic E-state index is 12.1. The molecule has 1 aromatic rings. The Balaban J connectivity index is 1.98. The molecule has 4 N–H and O–H groups in total. The van der Waals surface area contributed by atoms with Gasteiger partial charge in [0, 0.05) is 18.3 Å². The Bertz CT molecular complexity index is 599. The zero-order valence-corrected chi connectivity index (χ0v) is 12.4. The number of ether oxygens (including phenoxy) is 1. The molecule has 1 aromatic carbocycles. The Kier molecular flexibility index (Phi) is 5.29. The van der Waals surface area contributed by atoms with Crippen molar-refractivity contribution in [3.8, 4) is 0 Å². The number of nitrogens with two attached hydrogens (primary N) is 1. The van der Waals surface area contributed by atoms with Gasteiger partial charge in [-0.15, -0.1) is 0 Å². The maximum Gasteiger partial charge on any atom is 0.250 e. The Labute approximate surface area is 123 Å². The predicted molar refractivity (Wildman–Crippen MR) is 78.3 cm³/mol. The lowest BCUT2D eigenvalue weighted by Crippen LogP contribution is -2.26. The molecule has 0 spiro atoms. The average molecular weight is 313 g/mol. The summed E-state index contributed by atoms with van der Waals surface area (Å²) >= 11 is 0. The maximum absolute atomic E-state index is 12.1. The summed E-state index contributed by atoms with van der Waals surface area (Å²) < 4.78 is 31.7. The van der Waals surface area contributed by atoms with Crippen LogP contribution in [-0.2, 0) is 19.6 Å². The number of hydrogen-bond donors (Lipinski definition) is 3. The Morgan fingerprint density at radius 2 is 2.14 bits per heavy atom. The fraction of sp³-hybridized carbons (Fsp3) is 0.462. The van der Waals surface area contributed by atoms with E-state index in [4.69, 9.17) is 10.5 Å². The lowest BCUT2D eigenvalue weighted by atomic mass is 10.3. The monoisotopic (exact) mass is 313 g/mol. The molecule has 0 saturated heterocycles. The molecule has 0 aromatic heterocycles. The minimum atomic E-state index is -3.53. The van der Waals surface area contributed by atoms with Gasteiger partial charge in [-0.25, -0.2) is 13.1 Å². The lowest BCUT2D eigenvalue weighted by Gasteiger charge is -2.09. The molecular weight excluding hydrogens is 294 g/mol. The van der Waals surface area contributed by atoms with E-state index in [0.29, 0.717) is 18.8 Å². The highest BCUT2D eigenvalue weighted by atomic mass is 32.2. The van der Waals surface area contributed by atoms with Crippen LogP contribution in [-0.4, -0.2) is 40.1 Å². The van der Waals surface area contributed by atoms with Crippen molar-refractivity contribution >= 4 is 21.6 Å². The number of amides is 1. The van der Waals surface area contributed by atoms with E-state index >= 15 is 0 Å². The van der Waals surface area contributed by atoms with E-state index < -0.39 is 10.0 Å².